The van der Waals surface area contributed by atoms with Gasteiger partial charge < -0.3 is 0 Å². The SMILES string of the molecule is FC(F)(F)c1ccc(-n2ncnc2CCl)nc1. The van der Waals surface area contributed by atoms with Gasteiger partial charge in [0.1, 0.15) is 12.2 Å². The van der Waals surface area contributed by atoms with Crippen molar-refractivity contribution in [2.24, 2.45) is 0 Å². The molecule has 0 amide bonds. The second-order valence-corrected chi connectivity index (χ2v) is 3.39. The second kappa shape index (κ2) is 4.33. The Hall–Kier alpha value is -1.63. The third-order valence-electron chi connectivity index (χ3n) is 2.03. The molecule has 4 nitrogen and oxygen atoms in total. The fraction of sp³-hybridized carbons (Fsp3) is 0.222. The summed E-state index contributed by atoms with van der Waals surface area (Å²) in [6.45, 7) is 0. The fourth-order valence-electron chi connectivity index (χ4n) is 1.23. The van der Waals surface area contributed by atoms with Gasteiger partial charge in [0.25, 0.3) is 0 Å². The Labute approximate surface area is 99.1 Å². The van der Waals surface area contributed by atoms with Gasteiger partial charge in [-0.2, -0.15) is 23.0 Å². The topological polar surface area (TPSA) is 43.6 Å². The summed E-state index contributed by atoms with van der Waals surface area (Å²) in [5, 5.41) is 3.83. The number of alkyl halides is 4. The smallest absolute Gasteiger partial charge is 0.236 e. The average molecular weight is 263 g/mol. The predicted molar refractivity (Wildman–Crippen MR) is 53.7 cm³/mol. The zero-order valence-corrected chi connectivity index (χ0v) is 9.07. The van der Waals surface area contributed by atoms with Crippen molar-refractivity contribution in [2.45, 2.75) is 12.1 Å². The normalized spacial score (nSPS) is 11.8. The van der Waals surface area contributed by atoms with Crippen LogP contribution in [0.2, 0.25) is 0 Å². The minimum Gasteiger partial charge on any atom is -0.236 e. The molecule has 0 unspecified atom stereocenters. The molecule has 0 fully saturated rings. The maximum absolute atomic E-state index is 12.3. The zero-order chi connectivity index (χ0) is 12.5. The molecule has 2 aromatic heterocycles. The minimum atomic E-state index is -4.40. The first-order chi connectivity index (χ1) is 8.02. The van der Waals surface area contributed by atoms with E-state index in [1.807, 2.05) is 0 Å². The van der Waals surface area contributed by atoms with Crippen LogP contribution in [0.5, 0.6) is 0 Å². The van der Waals surface area contributed by atoms with E-state index in [0.29, 0.717) is 5.82 Å². The minimum absolute atomic E-state index is 0.0999. The lowest BCUT2D eigenvalue weighted by atomic mass is 10.3. The van der Waals surface area contributed by atoms with E-state index in [1.54, 1.807) is 0 Å². The van der Waals surface area contributed by atoms with Crippen LogP contribution in [0.25, 0.3) is 5.82 Å². The Kier molecular flexibility index (Phi) is 3.01. The predicted octanol–water partition coefficient (Wildman–Crippen LogP) is 2.42. The summed E-state index contributed by atoms with van der Waals surface area (Å²) in [5.41, 5.74) is -0.811. The first kappa shape index (κ1) is 11.8. The van der Waals surface area contributed by atoms with Gasteiger partial charge in [-0.25, -0.2) is 9.97 Å². The maximum Gasteiger partial charge on any atom is 0.417 e. The molecule has 2 rings (SSSR count). The highest BCUT2D eigenvalue weighted by molar-refractivity contribution is 6.16. The van der Waals surface area contributed by atoms with Crippen molar-refractivity contribution in [2.75, 3.05) is 0 Å². The van der Waals surface area contributed by atoms with Crippen LogP contribution in [-0.4, -0.2) is 19.7 Å². The van der Waals surface area contributed by atoms with Crippen LogP contribution in [0.4, 0.5) is 13.2 Å². The van der Waals surface area contributed by atoms with Crippen molar-refractivity contribution >= 4 is 11.6 Å². The standard InChI is InChI=1S/C9H6ClF3N4/c10-3-8-15-5-16-17(8)7-2-1-6(4-14-7)9(11,12)13/h1-2,4-5H,3H2. The van der Waals surface area contributed by atoms with Crippen molar-refractivity contribution in [1.29, 1.82) is 0 Å². The zero-order valence-electron chi connectivity index (χ0n) is 8.32. The number of hydrogen-bond donors (Lipinski definition) is 0. The monoisotopic (exact) mass is 262 g/mol. The molecule has 2 heterocycles. The molecule has 0 spiro atoms. The molecule has 17 heavy (non-hydrogen) atoms. The molecule has 0 saturated carbocycles. The molecule has 0 radical (unpaired) electrons. The molecule has 90 valence electrons. The van der Waals surface area contributed by atoms with E-state index in [9.17, 15) is 13.2 Å². The number of halogens is 4. The van der Waals surface area contributed by atoms with Gasteiger partial charge in [-0.3, -0.25) is 0 Å². The molecule has 0 bridgehead atoms. The van der Waals surface area contributed by atoms with Gasteiger partial charge in [0, 0.05) is 6.20 Å². The van der Waals surface area contributed by atoms with Gasteiger partial charge in [-0.1, -0.05) is 0 Å². The van der Waals surface area contributed by atoms with Crippen molar-refractivity contribution in [3.05, 3.63) is 36.0 Å². The third-order valence-corrected chi connectivity index (χ3v) is 2.27. The van der Waals surface area contributed by atoms with E-state index < -0.39 is 11.7 Å². The maximum atomic E-state index is 12.3. The summed E-state index contributed by atoms with van der Waals surface area (Å²) in [6, 6.07) is 2.15. The first-order valence-corrected chi connectivity index (χ1v) is 5.04. The Morgan fingerprint density at radius 3 is 2.53 bits per heavy atom. The highest BCUT2D eigenvalue weighted by atomic mass is 35.5. The summed E-state index contributed by atoms with van der Waals surface area (Å²) in [7, 11) is 0. The summed E-state index contributed by atoms with van der Waals surface area (Å²) >= 11 is 5.60. The van der Waals surface area contributed by atoms with E-state index >= 15 is 0 Å². The molecule has 0 N–H and O–H groups in total. The highest BCUT2D eigenvalue weighted by Crippen LogP contribution is 2.28. The Morgan fingerprint density at radius 1 is 1.24 bits per heavy atom. The lowest BCUT2D eigenvalue weighted by Gasteiger charge is -2.07. The lowest BCUT2D eigenvalue weighted by Crippen LogP contribution is -2.08. The summed E-state index contributed by atoms with van der Waals surface area (Å²) in [6.07, 6.45) is -2.39. The molecule has 0 aliphatic rings. The molecule has 0 aliphatic heterocycles. The van der Waals surface area contributed by atoms with Crippen LogP contribution in [-0.2, 0) is 12.1 Å². The summed E-state index contributed by atoms with van der Waals surface area (Å²) < 4.78 is 38.2. The number of rotatable bonds is 2. The van der Waals surface area contributed by atoms with Crippen LogP contribution in [0.15, 0.2) is 24.7 Å². The van der Waals surface area contributed by atoms with Crippen LogP contribution in [0.3, 0.4) is 0 Å². The second-order valence-electron chi connectivity index (χ2n) is 3.12. The fourth-order valence-corrected chi connectivity index (χ4v) is 1.41. The molecule has 2 aromatic rings. The van der Waals surface area contributed by atoms with Gasteiger partial charge in [0.15, 0.2) is 5.82 Å². The van der Waals surface area contributed by atoms with Crippen LogP contribution >= 0.6 is 11.6 Å². The number of hydrogen-bond acceptors (Lipinski definition) is 3. The Balaban J connectivity index is 2.36. The highest BCUT2D eigenvalue weighted by Gasteiger charge is 2.30. The van der Waals surface area contributed by atoms with Crippen LogP contribution in [0, 0.1) is 0 Å². The number of pyridine rings is 1. The lowest BCUT2D eigenvalue weighted by molar-refractivity contribution is -0.137. The van der Waals surface area contributed by atoms with Gasteiger partial charge in [-0.05, 0) is 12.1 Å². The Morgan fingerprint density at radius 2 is 2.00 bits per heavy atom. The third kappa shape index (κ3) is 2.38. The Bertz CT molecular complexity index is 506. The molecule has 8 heteroatoms. The number of nitrogens with zero attached hydrogens (tertiary/aromatic N) is 4. The largest absolute Gasteiger partial charge is 0.417 e. The van der Waals surface area contributed by atoms with Gasteiger partial charge in [0.2, 0.25) is 0 Å². The molecular formula is C9H6ClF3N4. The van der Waals surface area contributed by atoms with E-state index in [4.69, 9.17) is 11.6 Å². The summed E-state index contributed by atoms with van der Waals surface area (Å²) in [4.78, 5) is 7.52. The van der Waals surface area contributed by atoms with Gasteiger partial charge in [-0.15, -0.1) is 11.6 Å². The van der Waals surface area contributed by atoms with Gasteiger partial charge in [0.05, 0.1) is 11.4 Å². The van der Waals surface area contributed by atoms with Gasteiger partial charge >= 0.3 is 6.18 Å². The van der Waals surface area contributed by atoms with E-state index in [-0.39, 0.29) is 11.7 Å². The van der Waals surface area contributed by atoms with Crippen LogP contribution < -0.4 is 0 Å². The number of aromatic nitrogens is 4. The average Bonchev–Trinajstić information content (AvgIpc) is 2.76. The van der Waals surface area contributed by atoms with Crippen molar-refractivity contribution in [3.8, 4) is 5.82 Å². The van der Waals surface area contributed by atoms with Crippen molar-refractivity contribution in [1.82, 2.24) is 19.7 Å². The van der Waals surface area contributed by atoms with E-state index in [0.717, 1.165) is 12.3 Å². The van der Waals surface area contributed by atoms with E-state index in [1.165, 1.54) is 17.1 Å². The molecule has 0 aliphatic carbocycles. The molecule has 0 saturated heterocycles. The summed E-state index contributed by atoms with van der Waals surface area (Å²) in [5.74, 6) is 0.757. The quantitative estimate of drug-likeness (QED) is 0.781. The first-order valence-electron chi connectivity index (χ1n) is 4.51. The molecule has 0 atom stereocenters. The van der Waals surface area contributed by atoms with Crippen molar-refractivity contribution < 1.29 is 13.2 Å². The van der Waals surface area contributed by atoms with Crippen molar-refractivity contribution in [3.63, 3.8) is 0 Å². The van der Waals surface area contributed by atoms with Crippen LogP contribution in [0.1, 0.15) is 11.4 Å². The molecule has 0 aromatic carbocycles. The van der Waals surface area contributed by atoms with E-state index in [2.05, 4.69) is 15.1 Å². The molecular weight excluding hydrogens is 257 g/mol.